The van der Waals surface area contributed by atoms with Crippen molar-refractivity contribution < 1.29 is 18.0 Å². The molecule has 0 bridgehead atoms. The number of hydrogen-bond acceptors (Lipinski definition) is 3. The summed E-state index contributed by atoms with van der Waals surface area (Å²) in [7, 11) is 3.57. The number of alkyl halides is 3. The second-order valence-electron chi connectivity index (χ2n) is 11.0. The average Bonchev–Trinajstić information content (AvgIpc) is 3.28. The molecule has 0 aliphatic carbocycles. The van der Waals surface area contributed by atoms with E-state index in [4.69, 9.17) is 5.41 Å². The molecule has 1 aliphatic heterocycles. The highest BCUT2D eigenvalue weighted by molar-refractivity contribution is 6.08. The van der Waals surface area contributed by atoms with Gasteiger partial charge >= 0.3 is 6.18 Å². The molecular formula is C31H42F3N5O. The van der Waals surface area contributed by atoms with Crippen molar-refractivity contribution in [3.8, 4) is 0 Å². The zero-order valence-corrected chi connectivity index (χ0v) is 24.7. The van der Waals surface area contributed by atoms with E-state index in [1.165, 1.54) is 11.1 Å². The van der Waals surface area contributed by atoms with E-state index in [0.29, 0.717) is 18.0 Å². The summed E-state index contributed by atoms with van der Waals surface area (Å²) in [6.45, 7) is 11.9. The van der Waals surface area contributed by atoms with Crippen molar-refractivity contribution in [3.63, 3.8) is 0 Å². The molecule has 3 rings (SSSR count). The Labute approximate surface area is 235 Å². The number of likely N-dealkylation sites (N-methyl/N-ethyl adjacent to an activating group) is 1. The van der Waals surface area contributed by atoms with E-state index in [1.54, 1.807) is 32.8 Å². The lowest BCUT2D eigenvalue weighted by atomic mass is 9.87. The number of halogens is 3. The Kier molecular flexibility index (Phi) is 10.2. The molecule has 1 aromatic carbocycles. The minimum atomic E-state index is -4.77. The second kappa shape index (κ2) is 13.0. The van der Waals surface area contributed by atoms with Crippen molar-refractivity contribution in [3.05, 3.63) is 52.7 Å². The molecular weight excluding hydrogens is 515 g/mol. The monoisotopic (exact) mass is 557 g/mol. The molecule has 218 valence electrons. The number of aromatic nitrogens is 1. The second-order valence-corrected chi connectivity index (χ2v) is 11.0. The van der Waals surface area contributed by atoms with Crippen LogP contribution in [0.1, 0.15) is 82.5 Å². The van der Waals surface area contributed by atoms with Gasteiger partial charge in [0.1, 0.15) is 0 Å². The zero-order valence-electron chi connectivity index (χ0n) is 24.7. The van der Waals surface area contributed by atoms with Crippen LogP contribution in [0.2, 0.25) is 0 Å². The molecule has 0 radical (unpaired) electrons. The Morgan fingerprint density at radius 2 is 1.90 bits per heavy atom. The fourth-order valence-electron chi connectivity index (χ4n) is 5.33. The number of nitrogens with one attached hydrogen (secondary N) is 2. The van der Waals surface area contributed by atoms with Crippen molar-refractivity contribution in [1.29, 1.82) is 5.41 Å². The number of benzene rings is 1. The van der Waals surface area contributed by atoms with Gasteiger partial charge in [-0.05, 0) is 98.5 Å². The first-order chi connectivity index (χ1) is 18.8. The van der Waals surface area contributed by atoms with E-state index in [1.807, 2.05) is 19.1 Å². The molecule has 9 heteroatoms. The molecule has 1 aliphatic rings. The molecule has 0 spiro atoms. The number of H-pyrrole nitrogens is 1. The topological polar surface area (TPSA) is 75.5 Å². The number of amidine groups is 1. The SMILES string of the molecule is C/C=C(\C=C(\C)C(CC)=NC(=N)C(F)(F)F)c1[nH]c2ccc(C3CCN(CC(=O)N(C)C)CC3)cc2c1C(C)C. The summed E-state index contributed by atoms with van der Waals surface area (Å²) in [5.74, 6) is -0.833. The largest absolute Gasteiger partial charge is 0.450 e. The van der Waals surface area contributed by atoms with Crippen molar-refractivity contribution >= 4 is 33.9 Å². The van der Waals surface area contributed by atoms with E-state index in [0.717, 1.165) is 48.1 Å². The van der Waals surface area contributed by atoms with Crippen LogP contribution < -0.4 is 0 Å². The molecule has 1 fully saturated rings. The van der Waals surface area contributed by atoms with Gasteiger partial charge in [0.15, 0.2) is 0 Å². The standard InChI is InChI=1S/C31H42F3N5O/c1-8-21(16-20(5)25(9-2)37-30(35)31(32,33)34)29-28(19(3)4)24-17-23(10-11-26(24)36-29)22-12-14-39(15-13-22)18-27(40)38(6)7/h8,10-11,16-17,19,22,35-36H,9,12-15,18H2,1-7H3/b20-16-,21-8+,35-30?,37-25?. The molecule has 2 heterocycles. The van der Waals surface area contributed by atoms with Crippen LogP contribution in [0, 0.1) is 5.41 Å². The van der Waals surface area contributed by atoms with Gasteiger partial charge in [0, 0.05) is 36.4 Å². The Hall–Kier alpha value is -3.20. The maximum absolute atomic E-state index is 12.9. The number of carbonyl (C=O) groups excluding carboxylic acids is 1. The number of aromatic amines is 1. The maximum Gasteiger partial charge on any atom is 0.450 e. The van der Waals surface area contributed by atoms with Crippen LogP contribution >= 0.6 is 0 Å². The fraction of sp³-hybridized carbons (Fsp3) is 0.516. The van der Waals surface area contributed by atoms with Crippen molar-refractivity contribution in [2.45, 2.75) is 71.9 Å². The number of likely N-dealkylation sites (tertiary alicyclic amines) is 1. The van der Waals surface area contributed by atoms with Crippen LogP contribution in [0.4, 0.5) is 13.2 Å². The molecule has 1 saturated heterocycles. The lowest BCUT2D eigenvalue weighted by Crippen LogP contribution is -2.40. The number of carbonyl (C=O) groups is 1. The van der Waals surface area contributed by atoms with Crippen LogP contribution in [0.15, 0.2) is 40.9 Å². The van der Waals surface area contributed by atoms with Gasteiger partial charge in [-0.15, -0.1) is 0 Å². The van der Waals surface area contributed by atoms with E-state index < -0.39 is 12.0 Å². The first kappa shape index (κ1) is 31.3. The number of allylic oxidation sites excluding steroid dienone is 4. The number of fused-ring (bicyclic) bond motifs is 1. The number of rotatable bonds is 8. The van der Waals surface area contributed by atoms with Gasteiger partial charge in [0.2, 0.25) is 11.7 Å². The van der Waals surface area contributed by atoms with Gasteiger partial charge in [0.25, 0.3) is 0 Å². The molecule has 0 unspecified atom stereocenters. The lowest BCUT2D eigenvalue weighted by Gasteiger charge is -2.32. The van der Waals surface area contributed by atoms with Crippen LogP contribution in [0.5, 0.6) is 0 Å². The summed E-state index contributed by atoms with van der Waals surface area (Å²) in [6.07, 6.45) is 1.31. The number of hydrogen-bond donors (Lipinski definition) is 2. The highest BCUT2D eigenvalue weighted by Gasteiger charge is 2.34. The molecule has 2 aromatic rings. The average molecular weight is 558 g/mol. The van der Waals surface area contributed by atoms with Gasteiger partial charge in [-0.2, -0.15) is 13.2 Å². The Balaban J connectivity index is 1.92. The molecule has 0 saturated carbocycles. The summed E-state index contributed by atoms with van der Waals surface area (Å²) in [4.78, 5) is 23.1. The minimum Gasteiger partial charge on any atom is -0.354 e. The normalized spacial score (nSPS) is 16.7. The van der Waals surface area contributed by atoms with Gasteiger partial charge in [-0.25, -0.2) is 4.99 Å². The number of amides is 1. The van der Waals surface area contributed by atoms with Crippen LogP contribution in [0.25, 0.3) is 16.5 Å². The third-order valence-electron chi connectivity index (χ3n) is 7.63. The summed E-state index contributed by atoms with van der Waals surface area (Å²) in [5, 5.41) is 8.46. The summed E-state index contributed by atoms with van der Waals surface area (Å²) < 4.78 is 38.8. The van der Waals surface area contributed by atoms with E-state index in [2.05, 4.69) is 46.9 Å². The molecule has 1 aromatic heterocycles. The van der Waals surface area contributed by atoms with E-state index in [9.17, 15) is 18.0 Å². The third kappa shape index (κ3) is 7.30. The van der Waals surface area contributed by atoms with E-state index >= 15 is 0 Å². The maximum atomic E-state index is 12.9. The molecule has 6 nitrogen and oxygen atoms in total. The Morgan fingerprint density at radius 3 is 2.42 bits per heavy atom. The van der Waals surface area contributed by atoms with Gasteiger partial charge < -0.3 is 9.88 Å². The van der Waals surface area contributed by atoms with Crippen molar-refractivity contribution in [2.75, 3.05) is 33.7 Å². The zero-order chi connectivity index (χ0) is 29.8. The van der Waals surface area contributed by atoms with Crippen molar-refractivity contribution in [2.24, 2.45) is 4.99 Å². The van der Waals surface area contributed by atoms with Gasteiger partial charge in [0.05, 0.1) is 6.54 Å². The number of aliphatic imine (C=N–C) groups is 1. The third-order valence-corrected chi connectivity index (χ3v) is 7.63. The summed E-state index contributed by atoms with van der Waals surface area (Å²) in [6, 6.07) is 6.58. The molecule has 2 N–H and O–H groups in total. The van der Waals surface area contributed by atoms with Gasteiger partial charge in [-0.1, -0.05) is 32.9 Å². The first-order valence-electron chi connectivity index (χ1n) is 13.9. The summed E-state index contributed by atoms with van der Waals surface area (Å²) >= 11 is 0. The smallest absolute Gasteiger partial charge is 0.354 e. The quantitative estimate of drug-likeness (QED) is 0.203. The predicted molar refractivity (Wildman–Crippen MR) is 158 cm³/mol. The Morgan fingerprint density at radius 1 is 1.25 bits per heavy atom. The van der Waals surface area contributed by atoms with Crippen LogP contribution in [-0.4, -0.2) is 72.1 Å². The fourth-order valence-corrected chi connectivity index (χ4v) is 5.33. The van der Waals surface area contributed by atoms with Crippen molar-refractivity contribution in [1.82, 2.24) is 14.8 Å². The van der Waals surface area contributed by atoms with Gasteiger partial charge in [-0.3, -0.25) is 15.1 Å². The number of nitrogens with zero attached hydrogens (tertiary/aromatic N) is 3. The molecule has 0 atom stereocenters. The summed E-state index contributed by atoms with van der Waals surface area (Å²) in [5.41, 5.74) is 6.13. The Bertz CT molecular complexity index is 1320. The minimum absolute atomic E-state index is 0.126. The van der Waals surface area contributed by atoms with Crippen LogP contribution in [0.3, 0.4) is 0 Å². The van der Waals surface area contributed by atoms with Crippen LogP contribution in [-0.2, 0) is 4.79 Å². The molecule has 1 amide bonds. The molecule has 40 heavy (non-hydrogen) atoms. The highest BCUT2D eigenvalue weighted by Crippen LogP contribution is 2.37. The number of piperidine rings is 1. The van der Waals surface area contributed by atoms with E-state index in [-0.39, 0.29) is 24.0 Å². The highest BCUT2D eigenvalue weighted by atomic mass is 19.4. The first-order valence-corrected chi connectivity index (χ1v) is 13.9. The predicted octanol–water partition coefficient (Wildman–Crippen LogP) is 7.30. The lowest BCUT2D eigenvalue weighted by molar-refractivity contribution is -0.130.